The van der Waals surface area contributed by atoms with Crippen LogP contribution in [0.5, 0.6) is 0 Å². The summed E-state index contributed by atoms with van der Waals surface area (Å²) in [5.41, 5.74) is 0.796. The molecule has 1 fully saturated rings. The second kappa shape index (κ2) is 9.54. The van der Waals surface area contributed by atoms with E-state index in [2.05, 4.69) is 10.3 Å². The molecular weight excluding hydrogens is 465 g/mol. The smallest absolute Gasteiger partial charge is 0.355 e. The lowest BCUT2D eigenvalue weighted by molar-refractivity contribution is -0.128. The molecule has 6 nitrogen and oxygen atoms in total. The van der Waals surface area contributed by atoms with E-state index < -0.39 is 5.97 Å². The predicted octanol–water partition coefficient (Wildman–Crippen LogP) is 5.00. The molecule has 1 amide bonds. The summed E-state index contributed by atoms with van der Waals surface area (Å²) < 4.78 is 0.684. The van der Waals surface area contributed by atoms with Crippen molar-refractivity contribution in [1.82, 2.24) is 9.88 Å². The molecule has 0 radical (unpaired) electrons. The van der Waals surface area contributed by atoms with Crippen molar-refractivity contribution in [3.63, 3.8) is 0 Å². The number of aromatic carboxylic acids is 1. The zero-order valence-corrected chi connectivity index (χ0v) is 18.4. The van der Waals surface area contributed by atoms with Crippen LogP contribution in [0.25, 0.3) is 0 Å². The van der Waals surface area contributed by atoms with Gasteiger partial charge in [0.25, 0.3) is 0 Å². The molecule has 150 valence electrons. The average molecular weight is 481 g/mol. The number of rotatable bonds is 8. The third-order valence-electron chi connectivity index (χ3n) is 4.24. The number of hydrogen-bond acceptors (Lipinski definition) is 6. The van der Waals surface area contributed by atoms with Crippen molar-refractivity contribution in [2.24, 2.45) is 0 Å². The highest BCUT2D eigenvalue weighted by atomic mass is 35.5. The third kappa shape index (κ3) is 5.24. The number of anilines is 1. The quantitative estimate of drug-likeness (QED) is 0.409. The van der Waals surface area contributed by atoms with Crippen LogP contribution in [0.15, 0.2) is 21.9 Å². The van der Waals surface area contributed by atoms with Gasteiger partial charge in [-0.15, -0.1) is 11.3 Å². The van der Waals surface area contributed by atoms with Crippen molar-refractivity contribution in [3.05, 3.63) is 38.3 Å². The zero-order chi connectivity index (χ0) is 20.3. The highest BCUT2D eigenvalue weighted by Crippen LogP contribution is 2.33. The molecule has 1 aliphatic rings. The van der Waals surface area contributed by atoms with Gasteiger partial charge in [-0.3, -0.25) is 4.79 Å². The first kappa shape index (κ1) is 21.5. The van der Waals surface area contributed by atoms with Crippen LogP contribution in [-0.2, 0) is 4.79 Å². The predicted molar refractivity (Wildman–Crippen MR) is 114 cm³/mol. The van der Waals surface area contributed by atoms with E-state index in [4.69, 9.17) is 39.9 Å². The highest BCUT2D eigenvalue weighted by molar-refractivity contribution is 8.01. The molecule has 11 heteroatoms. The minimum absolute atomic E-state index is 0.0483. The molecule has 2 heterocycles. The van der Waals surface area contributed by atoms with Crippen molar-refractivity contribution >= 4 is 75.5 Å². The topological polar surface area (TPSA) is 82.5 Å². The normalized spacial score (nSPS) is 16.6. The molecule has 2 aromatic rings. The van der Waals surface area contributed by atoms with Crippen LogP contribution < -0.4 is 5.32 Å². The Kier molecular flexibility index (Phi) is 7.33. The molecule has 1 aromatic heterocycles. The number of aromatic nitrogens is 1. The third-order valence-corrected chi connectivity index (χ3v) is 7.44. The number of carbonyl (C=O) groups is 2. The number of halogens is 3. The fourth-order valence-corrected chi connectivity index (χ4v) is 5.26. The van der Waals surface area contributed by atoms with E-state index in [1.807, 2.05) is 4.90 Å². The highest BCUT2D eigenvalue weighted by Gasteiger charge is 2.30. The lowest BCUT2D eigenvalue weighted by Gasteiger charge is -2.25. The minimum Gasteiger partial charge on any atom is -0.476 e. The second-order valence-electron chi connectivity index (χ2n) is 6.07. The number of amides is 1. The molecule has 0 spiro atoms. The van der Waals surface area contributed by atoms with E-state index in [0.717, 1.165) is 12.1 Å². The number of benzene rings is 1. The van der Waals surface area contributed by atoms with E-state index in [1.54, 1.807) is 12.1 Å². The molecule has 1 atom stereocenters. The van der Waals surface area contributed by atoms with Gasteiger partial charge in [0, 0.05) is 42.4 Å². The first-order chi connectivity index (χ1) is 13.3. The molecule has 28 heavy (non-hydrogen) atoms. The molecule has 1 aliphatic heterocycles. The molecule has 2 N–H and O–H groups in total. The lowest BCUT2D eigenvalue weighted by atomic mass is 10.2. The maximum atomic E-state index is 12.2. The molecule has 3 rings (SSSR count). The second-order valence-corrected chi connectivity index (χ2v) is 9.46. The zero-order valence-electron chi connectivity index (χ0n) is 14.5. The first-order valence-corrected chi connectivity index (χ1v) is 11.3. The number of likely N-dealkylation sites (tertiary alicyclic amines) is 1. The van der Waals surface area contributed by atoms with Crippen LogP contribution in [0.3, 0.4) is 0 Å². The Balaban J connectivity index is 1.53. The minimum atomic E-state index is -1.04. The number of nitrogens with one attached hydrogen (secondary N) is 1. The summed E-state index contributed by atoms with van der Waals surface area (Å²) in [5, 5.41) is 14.8. The van der Waals surface area contributed by atoms with Gasteiger partial charge in [-0.25, -0.2) is 9.78 Å². The summed E-state index contributed by atoms with van der Waals surface area (Å²) in [5.74, 6) is -0.274. The van der Waals surface area contributed by atoms with Gasteiger partial charge in [-0.2, -0.15) is 0 Å². The Bertz CT molecular complexity index is 871. The van der Waals surface area contributed by atoms with Gasteiger partial charge in [0.1, 0.15) is 0 Å². The molecular formula is C17H16Cl3N3O3S2. The van der Waals surface area contributed by atoms with Crippen LogP contribution in [0, 0.1) is 0 Å². The number of nitrogens with zero attached hydrogens (tertiary/aromatic N) is 2. The monoisotopic (exact) mass is 479 g/mol. The van der Waals surface area contributed by atoms with Gasteiger partial charge in [0.05, 0.1) is 15.1 Å². The maximum Gasteiger partial charge on any atom is 0.355 e. The van der Waals surface area contributed by atoms with Gasteiger partial charge < -0.3 is 15.3 Å². The van der Waals surface area contributed by atoms with Crippen LogP contribution in [0.2, 0.25) is 15.1 Å². The summed E-state index contributed by atoms with van der Waals surface area (Å²) in [6.45, 7) is 1.14. The lowest BCUT2D eigenvalue weighted by Crippen LogP contribution is -2.39. The number of hydrogen-bond donors (Lipinski definition) is 2. The molecule has 0 aliphatic carbocycles. The van der Waals surface area contributed by atoms with Crippen molar-refractivity contribution in [2.45, 2.75) is 23.2 Å². The Morgan fingerprint density at radius 2 is 2.07 bits per heavy atom. The van der Waals surface area contributed by atoms with Gasteiger partial charge in [-0.1, -0.05) is 46.6 Å². The fraction of sp³-hybridized carbons (Fsp3) is 0.353. The Hall–Kier alpha value is -1.19. The summed E-state index contributed by atoms with van der Waals surface area (Å²) in [4.78, 5) is 29.0. The molecule has 1 aromatic carbocycles. The molecule has 0 bridgehead atoms. The van der Waals surface area contributed by atoms with Crippen LogP contribution >= 0.6 is 57.9 Å². The number of thioether (sulfide) groups is 1. The van der Waals surface area contributed by atoms with E-state index in [-0.39, 0.29) is 17.6 Å². The molecule has 1 saturated heterocycles. The summed E-state index contributed by atoms with van der Waals surface area (Å²) in [7, 11) is 0. The van der Waals surface area contributed by atoms with E-state index in [1.165, 1.54) is 28.5 Å². The fourth-order valence-electron chi connectivity index (χ4n) is 2.86. The Morgan fingerprint density at radius 3 is 2.71 bits per heavy atom. The molecule has 0 unspecified atom stereocenters. The largest absolute Gasteiger partial charge is 0.476 e. The summed E-state index contributed by atoms with van der Waals surface area (Å²) in [6, 6.07) is 3.47. The van der Waals surface area contributed by atoms with Crippen LogP contribution in [0.1, 0.15) is 23.3 Å². The summed E-state index contributed by atoms with van der Waals surface area (Å²) >= 11 is 20.8. The van der Waals surface area contributed by atoms with E-state index in [0.29, 0.717) is 44.7 Å². The van der Waals surface area contributed by atoms with E-state index in [9.17, 15) is 9.59 Å². The van der Waals surface area contributed by atoms with Crippen molar-refractivity contribution in [1.29, 1.82) is 0 Å². The first-order valence-electron chi connectivity index (χ1n) is 8.34. The number of carboxylic acids is 1. The molecule has 0 saturated carbocycles. The number of thiazole rings is 1. The SMILES string of the molecule is O=C(O)c1csc(SCCN2C(=O)CC[C@@H]2CNc2cc(Cl)c(Cl)c(Cl)c2)n1. The van der Waals surface area contributed by atoms with Gasteiger partial charge >= 0.3 is 5.97 Å². The van der Waals surface area contributed by atoms with Gasteiger partial charge in [0.15, 0.2) is 10.0 Å². The number of carbonyl (C=O) groups excluding carboxylic acids is 1. The van der Waals surface area contributed by atoms with Crippen molar-refractivity contribution in [2.75, 3.05) is 24.2 Å². The summed E-state index contributed by atoms with van der Waals surface area (Å²) in [6.07, 6.45) is 1.28. The maximum absolute atomic E-state index is 12.2. The standard InChI is InChI=1S/C17H16Cl3N3O3S2/c18-11-5-9(6-12(19)15(11)20)21-7-10-1-2-14(24)23(10)3-4-27-17-22-13(8-28-17)16(25)26/h5-6,8,10,21H,1-4,7H2,(H,25,26)/t10-/m1/s1. The van der Waals surface area contributed by atoms with Crippen LogP contribution in [0.4, 0.5) is 5.69 Å². The van der Waals surface area contributed by atoms with Gasteiger partial charge in [-0.05, 0) is 18.6 Å². The Labute approximate surface area is 185 Å². The van der Waals surface area contributed by atoms with Crippen molar-refractivity contribution < 1.29 is 14.7 Å². The van der Waals surface area contributed by atoms with Crippen LogP contribution in [-0.4, -0.2) is 51.8 Å². The number of carboxylic acid groups (broad SMARTS) is 1. The van der Waals surface area contributed by atoms with Gasteiger partial charge in [0.2, 0.25) is 5.91 Å². The van der Waals surface area contributed by atoms with E-state index >= 15 is 0 Å². The average Bonchev–Trinajstić information content (AvgIpc) is 3.26. The van der Waals surface area contributed by atoms with Crippen molar-refractivity contribution in [3.8, 4) is 0 Å². The Morgan fingerprint density at radius 1 is 1.36 bits per heavy atom.